The van der Waals surface area contributed by atoms with Crippen LogP contribution in [0.3, 0.4) is 0 Å². The zero-order chi connectivity index (χ0) is 18.2. The van der Waals surface area contributed by atoms with Crippen LogP contribution in [0.15, 0.2) is 36.7 Å². The molecule has 0 unspecified atom stereocenters. The van der Waals surface area contributed by atoms with Gasteiger partial charge in [0, 0.05) is 29.9 Å². The average molecular weight is 336 g/mol. The maximum Gasteiger partial charge on any atom is 0.261 e. The monoisotopic (exact) mass is 336 g/mol. The number of benzene rings is 1. The topological polar surface area (TPSA) is 50.3 Å². The van der Waals surface area contributed by atoms with Gasteiger partial charge in [-0.15, -0.1) is 0 Å². The van der Waals surface area contributed by atoms with Gasteiger partial charge >= 0.3 is 0 Å². The summed E-state index contributed by atoms with van der Waals surface area (Å²) >= 11 is 0. The quantitative estimate of drug-likeness (QED) is 0.806. The van der Waals surface area contributed by atoms with Crippen molar-refractivity contribution in [2.24, 2.45) is 5.41 Å². The Hall–Kier alpha value is -2.49. The van der Waals surface area contributed by atoms with E-state index in [4.69, 9.17) is 0 Å². The van der Waals surface area contributed by atoms with Crippen LogP contribution in [-0.4, -0.2) is 28.2 Å². The normalized spacial score (nSPS) is 16.6. The van der Waals surface area contributed by atoms with E-state index in [2.05, 4.69) is 4.98 Å². The lowest BCUT2D eigenvalue weighted by Crippen LogP contribution is -2.44. The second-order valence-electron chi connectivity index (χ2n) is 7.54. The summed E-state index contributed by atoms with van der Waals surface area (Å²) in [6.45, 7) is 8.22. The maximum atomic E-state index is 13.2. The number of amides is 2. The van der Waals surface area contributed by atoms with E-state index in [0.29, 0.717) is 24.9 Å². The summed E-state index contributed by atoms with van der Waals surface area (Å²) in [4.78, 5) is 31.7. The van der Waals surface area contributed by atoms with Crippen molar-refractivity contribution in [1.82, 2.24) is 9.88 Å². The van der Waals surface area contributed by atoms with Gasteiger partial charge in [0.2, 0.25) is 5.91 Å². The number of hydrogen-bond acceptors (Lipinski definition) is 3. The number of hydrogen-bond donors (Lipinski definition) is 0. The summed E-state index contributed by atoms with van der Waals surface area (Å²) in [5.41, 5.74) is 4.21. The Morgan fingerprint density at radius 3 is 2.48 bits per heavy atom. The highest BCUT2D eigenvalue weighted by Crippen LogP contribution is 2.33. The molecular weight excluding hydrogens is 312 g/mol. The van der Waals surface area contributed by atoms with Gasteiger partial charge < -0.3 is 0 Å². The van der Waals surface area contributed by atoms with Crippen molar-refractivity contribution in [3.63, 3.8) is 0 Å². The van der Waals surface area contributed by atoms with E-state index >= 15 is 0 Å². The Morgan fingerprint density at radius 1 is 1.12 bits per heavy atom. The molecule has 1 aliphatic rings. The van der Waals surface area contributed by atoms with Crippen LogP contribution in [0.5, 0.6) is 0 Å². The van der Waals surface area contributed by atoms with Crippen LogP contribution >= 0.6 is 0 Å². The number of aromatic nitrogens is 1. The summed E-state index contributed by atoms with van der Waals surface area (Å²) in [6.07, 6.45) is 4.68. The Bertz CT molecular complexity index is 825. The van der Waals surface area contributed by atoms with Crippen LogP contribution in [0.4, 0.5) is 0 Å². The van der Waals surface area contributed by atoms with Crippen LogP contribution in [0.1, 0.15) is 46.5 Å². The van der Waals surface area contributed by atoms with Crippen LogP contribution < -0.4 is 0 Å². The van der Waals surface area contributed by atoms with E-state index in [1.165, 1.54) is 4.90 Å². The van der Waals surface area contributed by atoms with Crippen molar-refractivity contribution in [3.8, 4) is 0 Å². The molecule has 25 heavy (non-hydrogen) atoms. The maximum absolute atomic E-state index is 13.2. The minimum atomic E-state index is -0.598. The van der Waals surface area contributed by atoms with Crippen LogP contribution in [0, 0.1) is 19.3 Å². The molecule has 1 aromatic carbocycles. The summed E-state index contributed by atoms with van der Waals surface area (Å²) in [5.74, 6) is -0.267. The van der Waals surface area contributed by atoms with Crippen LogP contribution in [0.2, 0.25) is 0 Å². The molecule has 0 aliphatic carbocycles. The molecule has 2 amide bonds. The molecule has 0 atom stereocenters. The Balaban J connectivity index is 1.99. The van der Waals surface area contributed by atoms with E-state index in [-0.39, 0.29) is 11.8 Å². The second-order valence-corrected chi connectivity index (χ2v) is 7.54. The molecule has 2 heterocycles. The fraction of sp³-hybridized carbons (Fsp3) is 0.381. The van der Waals surface area contributed by atoms with Crippen molar-refractivity contribution in [2.45, 2.75) is 40.5 Å². The first kappa shape index (κ1) is 17.3. The predicted octanol–water partition coefficient (Wildman–Crippen LogP) is 3.49. The number of fused-ring (bicyclic) bond motifs is 1. The first-order chi connectivity index (χ1) is 11.8. The highest BCUT2D eigenvalue weighted by molar-refractivity contribution is 6.09. The third-order valence-electron chi connectivity index (χ3n) is 4.85. The zero-order valence-corrected chi connectivity index (χ0v) is 15.3. The summed E-state index contributed by atoms with van der Waals surface area (Å²) in [5, 5.41) is 0. The zero-order valence-electron chi connectivity index (χ0n) is 15.3. The van der Waals surface area contributed by atoms with Gasteiger partial charge in [0.05, 0.1) is 0 Å². The number of carbonyl (C=O) groups is 2. The highest BCUT2D eigenvalue weighted by atomic mass is 16.2. The standard InChI is InChI=1S/C21H24N2O2/c1-14-11-15(2)18-17(12-14)13-21(3,4)20(25)23(19(18)24)10-7-16-5-8-22-9-6-16/h5-6,8-9,11-12H,7,10,13H2,1-4H3. The smallest absolute Gasteiger partial charge is 0.261 e. The van der Waals surface area contributed by atoms with Crippen molar-refractivity contribution in [2.75, 3.05) is 6.54 Å². The third kappa shape index (κ3) is 3.34. The molecule has 0 bridgehead atoms. The van der Waals surface area contributed by atoms with Gasteiger partial charge in [0.1, 0.15) is 0 Å². The first-order valence-electron chi connectivity index (χ1n) is 8.65. The van der Waals surface area contributed by atoms with E-state index < -0.39 is 5.41 Å². The molecule has 1 aromatic heterocycles. The van der Waals surface area contributed by atoms with Gasteiger partial charge in [-0.2, -0.15) is 0 Å². The summed E-state index contributed by atoms with van der Waals surface area (Å²) < 4.78 is 0. The molecule has 0 N–H and O–H groups in total. The fourth-order valence-electron chi connectivity index (χ4n) is 3.64. The molecule has 4 nitrogen and oxygen atoms in total. The first-order valence-corrected chi connectivity index (χ1v) is 8.65. The fourth-order valence-corrected chi connectivity index (χ4v) is 3.64. The van der Waals surface area contributed by atoms with E-state index in [1.807, 2.05) is 52.0 Å². The minimum Gasteiger partial charge on any atom is -0.278 e. The second kappa shape index (κ2) is 6.43. The van der Waals surface area contributed by atoms with Crippen LogP contribution in [-0.2, 0) is 17.6 Å². The number of rotatable bonds is 3. The number of aryl methyl sites for hydroxylation is 2. The van der Waals surface area contributed by atoms with E-state index in [1.54, 1.807) is 12.4 Å². The minimum absolute atomic E-state index is 0.0974. The molecule has 130 valence electrons. The predicted molar refractivity (Wildman–Crippen MR) is 97.4 cm³/mol. The number of nitrogens with zero attached hydrogens (tertiary/aromatic N) is 2. The summed E-state index contributed by atoms with van der Waals surface area (Å²) in [6, 6.07) is 7.89. The number of carbonyl (C=O) groups excluding carboxylic acids is 2. The number of pyridine rings is 1. The van der Waals surface area contributed by atoms with Gasteiger partial charge in [-0.05, 0) is 55.5 Å². The molecule has 1 aliphatic heterocycles. The lowest BCUT2D eigenvalue weighted by atomic mass is 9.83. The van der Waals surface area contributed by atoms with Crippen molar-refractivity contribution in [3.05, 3.63) is 64.5 Å². The van der Waals surface area contributed by atoms with Gasteiger partial charge in [0.25, 0.3) is 5.91 Å². The molecule has 2 aromatic rings. The van der Waals surface area contributed by atoms with Gasteiger partial charge in [-0.3, -0.25) is 19.5 Å². The van der Waals surface area contributed by atoms with E-state index in [9.17, 15) is 9.59 Å². The van der Waals surface area contributed by atoms with Gasteiger partial charge in [0.15, 0.2) is 0 Å². The number of imide groups is 1. The molecule has 4 heteroatoms. The molecule has 3 rings (SSSR count). The molecule has 0 saturated carbocycles. The average Bonchev–Trinajstić information content (AvgIpc) is 2.60. The lowest BCUT2D eigenvalue weighted by Gasteiger charge is -2.27. The van der Waals surface area contributed by atoms with Crippen molar-refractivity contribution >= 4 is 11.8 Å². The van der Waals surface area contributed by atoms with Gasteiger partial charge in [-0.1, -0.05) is 31.5 Å². The lowest BCUT2D eigenvalue weighted by molar-refractivity contribution is -0.137. The Morgan fingerprint density at radius 2 is 1.80 bits per heavy atom. The van der Waals surface area contributed by atoms with E-state index in [0.717, 1.165) is 22.3 Å². The van der Waals surface area contributed by atoms with Crippen molar-refractivity contribution in [1.29, 1.82) is 0 Å². The molecule has 0 radical (unpaired) electrons. The third-order valence-corrected chi connectivity index (χ3v) is 4.85. The SMILES string of the molecule is Cc1cc(C)c2c(c1)CC(C)(C)C(=O)N(CCc1ccncc1)C2=O. The molecule has 0 saturated heterocycles. The highest BCUT2D eigenvalue weighted by Gasteiger charge is 2.40. The Kier molecular flexibility index (Phi) is 4.46. The molecular formula is C21H24N2O2. The Labute approximate surface area is 148 Å². The summed E-state index contributed by atoms with van der Waals surface area (Å²) in [7, 11) is 0. The van der Waals surface area contributed by atoms with Crippen LogP contribution in [0.25, 0.3) is 0 Å². The largest absolute Gasteiger partial charge is 0.278 e. The molecule has 0 fully saturated rings. The van der Waals surface area contributed by atoms with Gasteiger partial charge in [-0.25, -0.2) is 0 Å². The molecule has 0 spiro atoms. The van der Waals surface area contributed by atoms with Crippen molar-refractivity contribution < 1.29 is 9.59 Å².